The summed E-state index contributed by atoms with van der Waals surface area (Å²) in [5.74, 6) is -0.329. The van der Waals surface area contributed by atoms with Crippen molar-refractivity contribution in [3.8, 4) is 0 Å². The van der Waals surface area contributed by atoms with E-state index in [1.54, 1.807) is 16.7 Å². The number of nitrogens with one attached hydrogen (secondary N) is 1. The Morgan fingerprint density at radius 1 is 1.18 bits per heavy atom. The molecule has 1 aromatic heterocycles. The van der Waals surface area contributed by atoms with Crippen molar-refractivity contribution in [3.05, 3.63) is 53.6 Å². The fourth-order valence-electron chi connectivity index (χ4n) is 4.15. The molecule has 0 aliphatic carbocycles. The molecular formula is C20H23N5O3. The lowest BCUT2D eigenvalue weighted by molar-refractivity contribution is -0.134. The second-order valence-corrected chi connectivity index (χ2v) is 7.42. The first-order valence-electron chi connectivity index (χ1n) is 9.37. The van der Waals surface area contributed by atoms with Crippen LogP contribution in [0, 0.1) is 6.92 Å². The van der Waals surface area contributed by atoms with Crippen LogP contribution in [0.2, 0.25) is 0 Å². The Kier molecular flexibility index (Phi) is 4.41. The molecule has 1 spiro atoms. The van der Waals surface area contributed by atoms with Crippen LogP contribution in [-0.2, 0) is 11.3 Å². The van der Waals surface area contributed by atoms with Gasteiger partial charge in [-0.05, 0) is 25.3 Å². The maximum Gasteiger partial charge on any atom is 0.327 e. The number of hydrogen-bond acceptors (Lipinski definition) is 4. The summed E-state index contributed by atoms with van der Waals surface area (Å²) in [6, 6.07) is 9.37. The molecule has 3 heterocycles. The fourth-order valence-corrected chi connectivity index (χ4v) is 4.15. The van der Waals surface area contributed by atoms with Gasteiger partial charge in [0, 0.05) is 32.4 Å². The Bertz CT molecular complexity index is 915. The Balaban J connectivity index is 1.56. The number of hydrogen-bond donors (Lipinski definition) is 1. The number of nitrogens with zero attached hydrogens (tertiary/aromatic N) is 4. The molecule has 8 heteroatoms. The zero-order valence-electron chi connectivity index (χ0n) is 16.0. The average molecular weight is 381 g/mol. The van der Waals surface area contributed by atoms with E-state index in [0.717, 1.165) is 11.3 Å². The Hall–Kier alpha value is -3.16. The summed E-state index contributed by atoms with van der Waals surface area (Å²) < 4.78 is 0. The van der Waals surface area contributed by atoms with Gasteiger partial charge in [0.2, 0.25) is 0 Å². The topological polar surface area (TPSA) is 89.6 Å². The molecule has 0 saturated carbocycles. The molecule has 28 heavy (non-hydrogen) atoms. The van der Waals surface area contributed by atoms with Crippen molar-refractivity contribution in [2.75, 3.05) is 20.1 Å². The standard InChI is InChI=1S/C20H23N5O3/c1-14-16(22-13-21-14)17(26)24-10-8-20(9-11-24)18(27)23(2)19(28)25(20)12-15-6-4-3-5-7-15/h3-7,13H,8-12H2,1-2H3,(H,21,22). The van der Waals surface area contributed by atoms with Crippen molar-refractivity contribution in [1.82, 2.24) is 24.7 Å². The predicted octanol–water partition coefficient (Wildman–Crippen LogP) is 1.79. The maximum atomic E-state index is 13.0. The Labute approximate surface area is 163 Å². The molecule has 2 aliphatic rings. The number of H-pyrrole nitrogens is 1. The Morgan fingerprint density at radius 2 is 1.86 bits per heavy atom. The van der Waals surface area contributed by atoms with Gasteiger partial charge in [0.15, 0.2) is 0 Å². The number of rotatable bonds is 3. The van der Waals surface area contributed by atoms with Gasteiger partial charge in [-0.2, -0.15) is 0 Å². The number of carbonyl (C=O) groups excluding carboxylic acids is 3. The van der Waals surface area contributed by atoms with Crippen molar-refractivity contribution in [1.29, 1.82) is 0 Å². The number of aryl methyl sites for hydroxylation is 1. The van der Waals surface area contributed by atoms with Gasteiger partial charge >= 0.3 is 6.03 Å². The zero-order valence-corrected chi connectivity index (χ0v) is 16.0. The summed E-state index contributed by atoms with van der Waals surface area (Å²) in [6.45, 7) is 3.00. The van der Waals surface area contributed by atoms with Crippen LogP contribution in [0.5, 0.6) is 0 Å². The molecule has 146 valence electrons. The molecule has 2 fully saturated rings. The van der Waals surface area contributed by atoms with E-state index in [4.69, 9.17) is 0 Å². The number of imide groups is 1. The third kappa shape index (κ3) is 2.76. The molecule has 1 N–H and O–H groups in total. The zero-order chi connectivity index (χ0) is 19.9. The van der Waals surface area contributed by atoms with E-state index < -0.39 is 5.54 Å². The molecule has 0 radical (unpaired) electrons. The van der Waals surface area contributed by atoms with Crippen molar-refractivity contribution in [3.63, 3.8) is 0 Å². The lowest BCUT2D eigenvalue weighted by Crippen LogP contribution is -2.57. The summed E-state index contributed by atoms with van der Waals surface area (Å²) in [7, 11) is 1.53. The number of carbonyl (C=O) groups is 3. The second-order valence-electron chi connectivity index (χ2n) is 7.42. The van der Waals surface area contributed by atoms with Crippen molar-refractivity contribution >= 4 is 17.8 Å². The van der Waals surface area contributed by atoms with Crippen LogP contribution >= 0.6 is 0 Å². The van der Waals surface area contributed by atoms with Crippen LogP contribution in [0.3, 0.4) is 0 Å². The van der Waals surface area contributed by atoms with Crippen LogP contribution < -0.4 is 0 Å². The molecular weight excluding hydrogens is 358 g/mol. The van der Waals surface area contributed by atoms with Gasteiger partial charge in [-0.3, -0.25) is 14.5 Å². The van der Waals surface area contributed by atoms with E-state index in [0.29, 0.717) is 38.2 Å². The molecule has 2 aromatic rings. The van der Waals surface area contributed by atoms with E-state index in [-0.39, 0.29) is 17.8 Å². The molecule has 4 rings (SSSR count). The van der Waals surface area contributed by atoms with Crippen LogP contribution in [0.4, 0.5) is 4.79 Å². The SMILES string of the molecule is Cc1[nH]cnc1C(=O)N1CCC2(CC1)C(=O)N(C)C(=O)N2Cc1ccccc1. The molecule has 2 aliphatic heterocycles. The summed E-state index contributed by atoms with van der Waals surface area (Å²) in [5.41, 5.74) is 1.22. The van der Waals surface area contributed by atoms with Crippen LogP contribution in [0.15, 0.2) is 36.7 Å². The minimum Gasteiger partial charge on any atom is -0.348 e. The highest BCUT2D eigenvalue weighted by atomic mass is 16.2. The average Bonchev–Trinajstić information content (AvgIpc) is 3.22. The molecule has 1 aromatic carbocycles. The second kappa shape index (κ2) is 6.78. The quantitative estimate of drug-likeness (QED) is 0.821. The first kappa shape index (κ1) is 18.2. The number of aromatic nitrogens is 2. The number of likely N-dealkylation sites (tertiary alicyclic amines) is 1. The van der Waals surface area contributed by atoms with Gasteiger partial charge in [0.1, 0.15) is 11.2 Å². The number of benzene rings is 1. The number of piperidine rings is 1. The third-order valence-electron chi connectivity index (χ3n) is 5.83. The minimum atomic E-state index is -0.890. The number of amides is 4. The molecule has 0 unspecified atom stereocenters. The van der Waals surface area contributed by atoms with Crippen molar-refractivity contribution < 1.29 is 14.4 Å². The van der Waals surface area contributed by atoms with E-state index in [2.05, 4.69) is 9.97 Å². The summed E-state index contributed by atoms with van der Waals surface area (Å²) in [4.78, 5) is 50.1. The van der Waals surface area contributed by atoms with E-state index in [1.165, 1.54) is 18.3 Å². The highest BCUT2D eigenvalue weighted by Gasteiger charge is 2.57. The van der Waals surface area contributed by atoms with Gasteiger partial charge in [-0.15, -0.1) is 0 Å². The van der Waals surface area contributed by atoms with E-state index in [1.807, 2.05) is 30.3 Å². The normalized spacial score (nSPS) is 19.0. The number of aromatic amines is 1. The van der Waals surface area contributed by atoms with Gasteiger partial charge < -0.3 is 14.8 Å². The predicted molar refractivity (Wildman–Crippen MR) is 101 cm³/mol. The monoisotopic (exact) mass is 381 g/mol. The van der Waals surface area contributed by atoms with Gasteiger partial charge in [0.25, 0.3) is 11.8 Å². The highest BCUT2D eigenvalue weighted by Crippen LogP contribution is 2.38. The lowest BCUT2D eigenvalue weighted by Gasteiger charge is -2.42. The van der Waals surface area contributed by atoms with E-state index >= 15 is 0 Å². The first-order valence-corrected chi connectivity index (χ1v) is 9.37. The molecule has 4 amide bonds. The molecule has 0 atom stereocenters. The molecule has 2 saturated heterocycles. The summed E-state index contributed by atoms with van der Waals surface area (Å²) >= 11 is 0. The van der Waals surface area contributed by atoms with Crippen LogP contribution in [0.1, 0.15) is 34.6 Å². The van der Waals surface area contributed by atoms with Crippen molar-refractivity contribution in [2.24, 2.45) is 0 Å². The summed E-state index contributed by atoms with van der Waals surface area (Å²) in [5, 5.41) is 0. The lowest BCUT2D eigenvalue weighted by atomic mass is 9.85. The smallest absolute Gasteiger partial charge is 0.327 e. The minimum absolute atomic E-state index is 0.145. The number of urea groups is 1. The summed E-state index contributed by atoms with van der Waals surface area (Å²) in [6.07, 6.45) is 2.34. The van der Waals surface area contributed by atoms with Crippen molar-refractivity contribution in [2.45, 2.75) is 31.8 Å². The molecule has 0 bridgehead atoms. The highest BCUT2D eigenvalue weighted by molar-refractivity contribution is 6.07. The van der Waals surface area contributed by atoms with Crippen LogP contribution in [0.25, 0.3) is 0 Å². The fraction of sp³-hybridized carbons (Fsp3) is 0.400. The Morgan fingerprint density at radius 3 is 2.46 bits per heavy atom. The van der Waals surface area contributed by atoms with Gasteiger partial charge in [-0.1, -0.05) is 30.3 Å². The number of imidazole rings is 1. The molecule has 8 nitrogen and oxygen atoms in total. The largest absolute Gasteiger partial charge is 0.348 e. The van der Waals surface area contributed by atoms with Crippen LogP contribution in [-0.4, -0.2) is 68.2 Å². The maximum absolute atomic E-state index is 13.0. The van der Waals surface area contributed by atoms with Gasteiger partial charge in [-0.25, -0.2) is 9.78 Å². The number of likely N-dealkylation sites (N-methyl/N-ethyl adjacent to an activating group) is 1. The third-order valence-corrected chi connectivity index (χ3v) is 5.83. The first-order chi connectivity index (χ1) is 13.4. The van der Waals surface area contributed by atoms with E-state index in [9.17, 15) is 14.4 Å². The van der Waals surface area contributed by atoms with Gasteiger partial charge in [0.05, 0.1) is 6.33 Å².